The van der Waals surface area contributed by atoms with Crippen molar-refractivity contribution in [3.63, 3.8) is 0 Å². The van der Waals surface area contributed by atoms with E-state index in [1.165, 1.54) is 0 Å². The first kappa shape index (κ1) is 29.3. The predicted molar refractivity (Wildman–Crippen MR) is 82.7 cm³/mol. The van der Waals surface area contributed by atoms with Gasteiger partial charge in [0.1, 0.15) is 0 Å². The minimum atomic E-state index is -7.36. The molecule has 1 unspecified atom stereocenters. The van der Waals surface area contributed by atoms with E-state index in [1.54, 1.807) is 0 Å². The van der Waals surface area contributed by atoms with Crippen LogP contribution in [0.2, 0.25) is 0 Å². The zero-order chi connectivity index (χ0) is 27.0. The van der Waals surface area contributed by atoms with E-state index < -0.39 is 60.6 Å². The van der Waals surface area contributed by atoms with Crippen LogP contribution in [0, 0.1) is 5.39 Å². The Bertz CT molecular complexity index is 1210. The van der Waals surface area contributed by atoms with Gasteiger partial charge in [0.25, 0.3) is 20.0 Å². The molecule has 9 nitrogen and oxygen atoms in total. The summed E-state index contributed by atoms with van der Waals surface area (Å²) in [5, 5.41) is 1.32. The Kier molecular flexibility index (Phi) is 7.85. The van der Waals surface area contributed by atoms with Crippen molar-refractivity contribution in [1.29, 1.82) is 5.39 Å². The Morgan fingerprint density at radius 3 is 1.74 bits per heavy atom. The average Bonchev–Trinajstić information content (AvgIpc) is 2.65. The third-order valence-electron chi connectivity index (χ3n) is 3.13. The van der Waals surface area contributed by atoms with E-state index in [2.05, 4.69) is 9.71 Å². The number of halogens is 11. The molecule has 0 spiro atoms. The van der Waals surface area contributed by atoms with Crippen LogP contribution in [0.5, 0.6) is 0 Å². The van der Waals surface area contributed by atoms with Crippen molar-refractivity contribution in [2.75, 3.05) is 0 Å². The number of hydrogen-bond acceptors (Lipinski definition) is 7. The quantitative estimate of drug-likeness (QED) is 0.207. The fourth-order valence-corrected chi connectivity index (χ4v) is 4.42. The van der Waals surface area contributed by atoms with Gasteiger partial charge < -0.3 is 4.74 Å². The first-order chi connectivity index (χ1) is 15.0. The highest BCUT2D eigenvalue weighted by atomic mass is 32.3. The zero-order valence-corrected chi connectivity index (χ0v) is 16.8. The molecule has 1 N–H and O–H groups in total. The molecule has 0 aromatic heterocycles. The SMILES string of the molecule is N#[N+]c1ccc(S(=O)(=O)NS(=O)(=O)C(F)(F)C(F)(F)OC(F)(OC(F)=C(F)F)C(F)(F)F)cc1. The second kappa shape index (κ2) is 9.12. The first-order valence-corrected chi connectivity index (χ1v) is 10.3. The van der Waals surface area contributed by atoms with Crippen LogP contribution in [0.4, 0.5) is 54.0 Å². The molecule has 0 aliphatic rings. The van der Waals surface area contributed by atoms with E-state index in [0.29, 0.717) is 24.3 Å². The number of hydrogen-bond donors (Lipinski definition) is 1. The van der Waals surface area contributed by atoms with Gasteiger partial charge in [-0.3, -0.25) is 0 Å². The first-order valence-electron chi connectivity index (χ1n) is 7.37. The van der Waals surface area contributed by atoms with Gasteiger partial charge in [0.05, 0.1) is 4.90 Å². The summed E-state index contributed by atoms with van der Waals surface area (Å²) in [5.41, 5.74) is -0.371. The summed E-state index contributed by atoms with van der Waals surface area (Å²) >= 11 is 0. The van der Waals surface area contributed by atoms with E-state index in [1.807, 2.05) is 4.74 Å². The molecule has 0 saturated carbocycles. The second-order valence-electron chi connectivity index (χ2n) is 5.49. The van der Waals surface area contributed by atoms with E-state index >= 15 is 0 Å². The number of nitrogens with zero attached hydrogens (tertiary/aromatic N) is 2. The molecule has 1 aromatic carbocycles. The van der Waals surface area contributed by atoms with Crippen LogP contribution in [0.15, 0.2) is 41.3 Å². The number of benzene rings is 1. The molecular formula is C12H5F11N3O6S2+. The van der Waals surface area contributed by atoms with E-state index in [9.17, 15) is 65.1 Å². The minimum absolute atomic E-state index is 0.00970. The van der Waals surface area contributed by atoms with Crippen molar-refractivity contribution in [2.24, 2.45) is 0 Å². The molecule has 1 atom stereocenters. The van der Waals surface area contributed by atoms with Crippen LogP contribution >= 0.6 is 0 Å². The maximum Gasteiger partial charge on any atom is 0.491 e. The standard InChI is InChI=1S/C12H5F11N3O6S2/c13-7(14)8(15)31-12(23,9(16,17)18)32-10(19,20)11(21,22)34(29,30)26-33(27,28)6-3-1-5(25-24)2-4-6/h1-4,26H/q+1. The van der Waals surface area contributed by atoms with Crippen LogP contribution in [0.3, 0.4) is 0 Å². The molecule has 22 heteroatoms. The van der Waals surface area contributed by atoms with Crippen molar-refractivity contribution in [1.82, 2.24) is 4.13 Å². The number of alkyl halides is 8. The molecule has 0 bridgehead atoms. The Morgan fingerprint density at radius 1 is 0.882 bits per heavy atom. The van der Waals surface area contributed by atoms with Crippen LogP contribution in [-0.2, 0) is 29.5 Å². The van der Waals surface area contributed by atoms with Gasteiger partial charge in [0.2, 0.25) is 5.39 Å². The van der Waals surface area contributed by atoms with Crippen LogP contribution in [0.25, 0.3) is 4.98 Å². The maximum atomic E-state index is 13.9. The number of nitrogens with one attached hydrogen (secondary N) is 1. The normalized spacial score (nSPS) is 15.2. The molecular weight excluding hydrogens is 555 g/mol. The van der Waals surface area contributed by atoms with Gasteiger partial charge in [0, 0.05) is 12.1 Å². The van der Waals surface area contributed by atoms with Crippen molar-refractivity contribution in [3.8, 4) is 0 Å². The monoisotopic (exact) mass is 560 g/mol. The summed E-state index contributed by atoms with van der Waals surface area (Å²) in [5.74, 6) is 0. The number of sulfonamides is 2. The molecule has 192 valence electrons. The molecule has 0 aliphatic heterocycles. The topological polar surface area (TPSA) is 127 Å². The van der Waals surface area contributed by atoms with Crippen LogP contribution in [0.1, 0.15) is 0 Å². The molecule has 34 heavy (non-hydrogen) atoms. The van der Waals surface area contributed by atoms with E-state index in [4.69, 9.17) is 5.39 Å². The van der Waals surface area contributed by atoms with Crippen molar-refractivity contribution in [2.45, 2.75) is 28.5 Å². The van der Waals surface area contributed by atoms with Crippen molar-refractivity contribution < 1.29 is 74.6 Å². The lowest BCUT2D eigenvalue weighted by Crippen LogP contribution is -2.59. The van der Waals surface area contributed by atoms with Crippen LogP contribution in [-0.4, -0.2) is 40.4 Å². The van der Waals surface area contributed by atoms with Crippen molar-refractivity contribution >= 4 is 25.7 Å². The van der Waals surface area contributed by atoms with Crippen molar-refractivity contribution in [3.05, 3.63) is 41.3 Å². The highest BCUT2D eigenvalue weighted by Crippen LogP contribution is 2.48. The highest BCUT2D eigenvalue weighted by Gasteiger charge is 2.76. The average molecular weight is 560 g/mol. The maximum absolute atomic E-state index is 13.9. The van der Waals surface area contributed by atoms with Gasteiger partial charge in [-0.2, -0.15) is 48.3 Å². The lowest BCUT2D eigenvalue weighted by atomic mass is 10.3. The second-order valence-corrected chi connectivity index (χ2v) is 9.15. The third kappa shape index (κ3) is 5.83. The fraction of sp³-hybridized carbons (Fsp3) is 0.333. The lowest BCUT2D eigenvalue weighted by molar-refractivity contribution is -0.504. The Balaban J connectivity index is 3.42. The molecule has 1 aromatic rings. The van der Waals surface area contributed by atoms with Gasteiger partial charge in [-0.25, -0.2) is 21.6 Å². The Hall–Kier alpha value is -2.77. The zero-order valence-electron chi connectivity index (χ0n) is 15.1. The molecule has 1 rings (SSSR count). The largest absolute Gasteiger partial charge is 0.491 e. The third-order valence-corrected chi connectivity index (χ3v) is 6.69. The van der Waals surface area contributed by atoms with Gasteiger partial charge in [0.15, 0.2) is 4.98 Å². The summed E-state index contributed by atoms with van der Waals surface area (Å²) in [6.45, 7) is 0. The Labute approximate surface area is 180 Å². The summed E-state index contributed by atoms with van der Waals surface area (Å²) in [6, 6.07) is -8.62. The molecule has 0 saturated heterocycles. The highest BCUT2D eigenvalue weighted by molar-refractivity contribution is 8.05. The summed E-state index contributed by atoms with van der Waals surface area (Å²) in [4.78, 5) is 1.28. The molecule has 0 heterocycles. The summed E-state index contributed by atoms with van der Waals surface area (Å²) < 4.78 is 194. The number of diazo groups is 1. The summed E-state index contributed by atoms with van der Waals surface area (Å²) in [6.07, 6.45) is -18.3. The van der Waals surface area contributed by atoms with Gasteiger partial charge in [-0.05, 0) is 12.1 Å². The Morgan fingerprint density at radius 2 is 1.35 bits per heavy atom. The summed E-state index contributed by atoms with van der Waals surface area (Å²) in [7, 11) is -13.1. The van der Waals surface area contributed by atoms with Crippen LogP contribution < -0.4 is 4.13 Å². The molecule has 0 radical (unpaired) electrons. The molecule has 0 amide bonds. The fourth-order valence-electron chi connectivity index (χ4n) is 1.61. The molecule has 0 aliphatic carbocycles. The number of rotatable bonds is 9. The minimum Gasteiger partial charge on any atom is -0.399 e. The van der Waals surface area contributed by atoms with Gasteiger partial charge in [-0.15, -0.1) is 0 Å². The lowest BCUT2D eigenvalue weighted by Gasteiger charge is -2.32. The van der Waals surface area contributed by atoms with E-state index in [0.717, 1.165) is 0 Å². The van der Waals surface area contributed by atoms with E-state index in [-0.39, 0.29) is 9.81 Å². The predicted octanol–water partition coefficient (Wildman–Crippen LogP) is 4.22. The van der Waals surface area contributed by atoms with Gasteiger partial charge >= 0.3 is 41.4 Å². The molecule has 0 fully saturated rings. The smallest absolute Gasteiger partial charge is 0.399 e. The number of ether oxygens (including phenoxy) is 2. The van der Waals surface area contributed by atoms with Gasteiger partial charge in [-0.1, -0.05) is 4.13 Å².